The van der Waals surface area contributed by atoms with Crippen LogP contribution in [0.4, 0.5) is 5.69 Å². The Bertz CT molecular complexity index is 840. The van der Waals surface area contributed by atoms with Gasteiger partial charge in [-0.15, -0.1) is 0 Å². The van der Waals surface area contributed by atoms with Crippen LogP contribution in [0.5, 0.6) is 0 Å². The van der Waals surface area contributed by atoms with Crippen molar-refractivity contribution >= 4 is 21.4 Å². The summed E-state index contributed by atoms with van der Waals surface area (Å²) in [6.45, 7) is 1.59. The van der Waals surface area contributed by atoms with Crippen LogP contribution >= 0.6 is 0 Å². The first-order chi connectivity index (χ1) is 11.0. The van der Waals surface area contributed by atoms with Crippen LogP contribution in [0.25, 0.3) is 0 Å². The van der Waals surface area contributed by atoms with Gasteiger partial charge in [0, 0.05) is 17.7 Å². The molecule has 1 heterocycles. The standard InChI is InChI=1S/C16H18N2O4S/c1-2-23(20,21)12-7-5-6-11(10-12)17-16(19)15-13-8-3-4-9-14(13)22-18-15/h5-7,10H,2-4,8-9H2,1H3,(H,17,19). The Morgan fingerprint density at radius 2 is 2.09 bits per heavy atom. The highest BCUT2D eigenvalue weighted by molar-refractivity contribution is 7.91. The highest BCUT2D eigenvalue weighted by Gasteiger charge is 2.24. The van der Waals surface area contributed by atoms with E-state index in [9.17, 15) is 13.2 Å². The molecule has 0 bridgehead atoms. The van der Waals surface area contributed by atoms with Gasteiger partial charge < -0.3 is 9.84 Å². The lowest BCUT2D eigenvalue weighted by atomic mass is 9.96. The minimum atomic E-state index is -3.31. The van der Waals surface area contributed by atoms with E-state index in [0.717, 1.165) is 37.0 Å². The summed E-state index contributed by atoms with van der Waals surface area (Å²) >= 11 is 0. The summed E-state index contributed by atoms with van der Waals surface area (Å²) < 4.78 is 29.1. The highest BCUT2D eigenvalue weighted by atomic mass is 32.2. The fourth-order valence-electron chi connectivity index (χ4n) is 2.69. The zero-order chi connectivity index (χ0) is 16.4. The van der Waals surface area contributed by atoms with Crippen LogP contribution in [-0.4, -0.2) is 25.2 Å². The summed E-state index contributed by atoms with van der Waals surface area (Å²) in [5.74, 6) is 0.424. The molecule has 6 nitrogen and oxygen atoms in total. The van der Waals surface area contributed by atoms with E-state index in [1.54, 1.807) is 19.1 Å². The molecular formula is C16H18N2O4S. The first kappa shape index (κ1) is 15.7. The molecule has 1 aliphatic carbocycles. The largest absolute Gasteiger partial charge is 0.360 e. The molecule has 0 atom stereocenters. The van der Waals surface area contributed by atoms with Crippen molar-refractivity contribution in [3.8, 4) is 0 Å². The molecule has 23 heavy (non-hydrogen) atoms. The predicted octanol–water partition coefficient (Wildman–Crippen LogP) is 2.60. The number of anilines is 1. The second kappa shape index (κ2) is 6.16. The summed E-state index contributed by atoms with van der Waals surface area (Å²) in [4.78, 5) is 12.6. The Labute approximate surface area is 134 Å². The van der Waals surface area contributed by atoms with E-state index < -0.39 is 9.84 Å². The van der Waals surface area contributed by atoms with Crippen molar-refractivity contribution in [3.05, 3.63) is 41.3 Å². The molecule has 1 aromatic carbocycles. The van der Waals surface area contributed by atoms with E-state index in [4.69, 9.17) is 4.52 Å². The van der Waals surface area contributed by atoms with Crippen LogP contribution in [0.2, 0.25) is 0 Å². The van der Waals surface area contributed by atoms with E-state index >= 15 is 0 Å². The molecule has 0 radical (unpaired) electrons. The molecule has 0 spiro atoms. The van der Waals surface area contributed by atoms with Crippen LogP contribution in [-0.2, 0) is 22.7 Å². The van der Waals surface area contributed by atoms with Crippen LogP contribution in [0, 0.1) is 0 Å². The fourth-order valence-corrected chi connectivity index (χ4v) is 3.61. The molecule has 1 N–H and O–H groups in total. The van der Waals surface area contributed by atoms with Crippen LogP contribution in [0.1, 0.15) is 41.6 Å². The Balaban J connectivity index is 1.84. The third-order valence-electron chi connectivity index (χ3n) is 4.00. The van der Waals surface area contributed by atoms with Crippen LogP contribution in [0.15, 0.2) is 33.7 Å². The van der Waals surface area contributed by atoms with Crippen molar-refractivity contribution in [2.24, 2.45) is 0 Å². The van der Waals surface area contributed by atoms with E-state index in [1.807, 2.05) is 0 Å². The van der Waals surface area contributed by atoms with Crippen LogP contribution in [0.3, 0.4) is 0 Å². The van der Waals surface area contributed by atoms with Gasteiger partial charge in [-0.1, -0.05) is 18.1 Å². The third-order valence-corrected chi connectivity index (χ3v) is 5.73. The summed E-state index contributed by atoms with van der Waals surface area (Å²) in [5.41, 5.74) is 1.59. The number of rotatable bonds is 4. The Morgan fingerprint density at radius 3 is 2.87 bits per heavy atom. The average molecular weight is 334 g/mol. The number of carbonyl (C=O) groups is 1. The second-order valence-electron chi connectivity index (χ2n) is 5.53. The zero-order valence-corrected chi connectivity index (χ0v) is 13.6. The minimum absolute atomic E-state index is 0.0151. The number of nitrogens with one attached hydrogen (secondary N) is 1. The zero-order valence-electron chi connectivity index (χ0n) is 12.8. The van der Waals surface area contributed by atoms with Crippen molar-refractivity contribution in [2.45, 2.75) is 37.5 Å². The summed E-state index contributed by atoms with van der Waals surface area (Å²) in [6.07, 6.45) is 3.64. The number of carbonyl (C=O) groups excluding carboxylic acids is 1. The first-order valence-corrected chi connectivity index (χ1v) is 9.28. The van der Waals surface area contributed by atoms with Crippen molar-refractivity contribution in [3.63, 3.8) is 0 Å². The molecule has 1 aliphatic rings. The number of nitrogens with zero attached hydrogens (tertiary/aromatic N) is 1. The molecule has 0 saturated carbocycles. The second-order valence-corrected chi connectivity index (χ2v) is 7.80. The van der Waals surface area contributed by atoms with Gasteiger partial charge in [0.05, 0.1) is 10.6 Å². The first-order valence-electron chi connectivity index (χ1n) is 7.63. The van der Waals surface area contributed by atoms with Crippen molar-refractivity contribution in [2.75, 3.05) is 11.1 Å². The topological polar surface area (TPSA) is 89.3 Å². The van der Waals surface area contributed by atoms with Crippen molar-refractivity contribution < 1.29 is 17.7 Å². The number of aryl methyl sites for hydroxylation is 1. The third kappa shape index (κ3) is 3.14. The van der Waals surface area contributed by atoms with E-state index in [0.29, 0.717) is 11.4 Å². The van der Waals surface area contributed by atoms with Gasteiger partial charge in [0.1, 0.15) is 5.76 Å². The molecule has 3 rings (SSSR count). The number of amides is 1. The molecule has 7 heteroatoms. The molecule has 1 aromatic heterocycles. The predicted molar refractivity (Wildman–Crippen MR) is 85.3 cm³/mol. The molecule has 2 aromatic rings. The number of benzene rings is 1. The minimum Gasteiger partial charge on any atom is -0.360 e. The summed E-state index contributed by atoms with van der Waals surface area (Å²) in [7, 11) is -3.31. The normalized spacial score (nSPS) is 14.3. The van der Waals surface area contributed by atoms with Crippen molar-refractivity contribution in [1.82, 2.24) is 5.16 Å². The van der Waals surface area contributed by atoms with E-state index in [2.05, 4.69) is 10.5 Å². The van der Waals surface area contributed by atoms with Gasteiger partial charge in [-0.05, 0) is 37.5 Å². The lowest BCUT2D eigenvalue weighted by molar-refractivity contribution is 0.101. The van der Waals surface area contributed by atoms with Gasteiger partial charge >= 0.3 is 0 Å². The maximum Gasteiger partial charge on any atom is 0.278 e. The maximum absolute atomic E-state index is 12.4. The maximum atomic E-state index is 12.4. The number of aromatic nitrogens is 1. The van der Waals surface area contributed by atoms with Gasteiger partial charge in [-0.3, -0.25) is 4.79 Å². The smallest absolute Gasteiger partial charge is 0.278 e. The number of sulfone groups is 1. The van der Waals surface area contributed by atoms with Gasteiger partial charge in [-0.2, -0.15) is 0 Å². The van der Waals surface area contributed by atoms with Crippen LogP contribution < -0.4 is 5.32 Å². The quantitative estimate of drug-likeness (QED) is 0.928. The van der Waals surface area contributed by atoms with Gasteiger partial charge in [-0.25, -0.2) is 8.42 Å². The Morgan fingerprint density at radius 1 is 1.30 bits per heavy atom. The monoisotopic (exact) mass is 334 g/mol. The van der Waals surface area contributed by atoms with E-state index in [-0.39, 0.29) is 16.6 Å². The van der Waals surface area contributed by atoms with Gasteiger partial charge in [0.2, 0.25) is 0 Å². The molecule has 0 unspecified atom stereocenters. The molecule has 0 aliphatic heterocycles. The fraction of sp³-hybridized carbons (Fsp3) is 0.375. The molecule has 1 amide bonds. The lowest BCUT2D eigenvalue weighted by Crippen LogP contribution is -2.16. The summed E-state index contributed by atoms with van der Waals surface area (Å²) in [5, 5.41) is 6.58. The summed E-state index contributed by atoms with van der Waals surface area (Å²) in [6, 6.07) is 6.24. The number of hydrogen-bond acceptors (Lipinski definition) is 5. The highest BCUT2D eigenvalue weighted by Crippen LogP contribution is 2.25. The van der Waals surface area contributed by atoms with Gasteiger partial charge in [0.15, 0.2) is 15.5 Å². The average Bonchev–Trinajstić information content (AvgIpc) is 2.99. The van der Waals surface area contributed by atoms with Crippen molar-refractivity contribution in [1.29, 1.82) is 0 Å². The Hall–Kier alpha value is -2.15. The molecular weight excluding hydrogens is 316 g/mol. The SMILES string of the molecule is CCS(=O)(=O)c1cccc(NC(=O)c2noc3c2CCCC3)c1. The molecule has 0 saturated heterocycles. The Kier molecular flexibility index (Phi) is 4.21. The molecule has 0 fully saturated rings. The number of fused-ring (bicyclic) bond motifs is 1. The number of hydrogen-bond donors (Lipinski definition) is 1. The molecule has 122 valence electrons. The van der Waals surface area contributed by atoms with Gasteiger partial charge in [0.25, 0.3) is 5.91 Å². The lowest BCUT2D eigenvalue weighted by Gasteiger charge is -2.10. The van der Waals surface area contributed by atoms with E-state index in [1.165, 1.54) is 12.1 Å².